The molecule has 0 bridgehead atoms. The van der Waals surface area contributed by atoms with Gasteiger partial charge in [0, 0.05) is 17.6 Å². The smallest absolute Gasteiger partial charge is 0.412 e. The first-order valence-electron chi connectivity index (χ1n) is 7.38. The molecular weight excluding hydrogens is 264 g/mol. The van der Waals surface area contributed by atoms with Crippen LogP contribution in [0.2, 0.25) is 0 Å². The highest BCUT2D eigenvalue weighted by Gasteiger charge is 2.56. The molecule has 3 N–H and O–H groups in total. The third-order valence-electron chi connectivity index (χ3n) is 4.17. The predicted molar refractivity (Wildman–Crippen MR) is 85.5 cm³/mol. The van der Waals surface area contributed by atoms with E-state index in [1.807, 2.05) is 39.8 Å². The van der Waals surface area contributed by atoms with Crippen LogP contribution in [0.15, 0.2) is 18.2 Å². The van der Waals surface area contributed by atoms with Gasteiger partial charge in [0.15, 0.2) is 0 Å². The molecule has 4 nitrogen and oxygen atoms in total. The Balaban J connectivity index is 2.16. The minimum Gasteiger partial charge on any atom is -0.444 e. The Morgan fingerprint density at radius 3 is 2.38 bits per heavy atom. The van der Waals surface area contributed by atoms with Gasteiger partial charge in [-0.2, -0.15) is 0 Å². The number of carbonyl (C=O) groups is 1. The van der Waals surface area contributed by atoms with Gasteiger partial charge in [-0.05, 0) is 50.3 Å². The lowest BCUT2D eigenvalue weighted by molar-refractivity contribution is 0.0636. The second-order valence-electron chi connectivity index (χ2n) is 7.53. The molecule has 116 valence electrons. The summed E-state index contributed by atoms with van der Waals surface area (Å²) in [5.74, 6) is 0.345. The van der Waals surface area contributed by atoms with Gasteiger partial charge in [0.05, 0.1) is 0 Å². The minimum absolute atomic E-state index is 0.123. The molecule has 1 saturated carbocycles. The van der Waals surface area contributed by atoms with Crippen LogP contribution in [0.4, 0.5) is 10.5 Å². The first kappa shape index (κ1) is 15.8. The molecule has 1 aliphatic rings. The molecular formula is C17H26N2O2. The highest BCUT2D eigenvalue weighted by molar-refractivity contribution is 5.86. The van der Waals surface area contributed by atoms with Gasteiger partial charge in [0.1, 0.15) is 5.60 Å². The summed E-state index contributed by atoms with van der Waals surface area (Å²) in [7, 11) is 0. The summed E-state index contributed by atoms with van der Waals surface area (Å²) in [5, 5.41) is 2.83. The number of anilines is 1. The SMILES string of the molecule is Cc1ccc([C@@H]2[C@@H](N)C2(C)C)cc1NC(=O)OC(C)(C)C. The first-order valence-corrected chi connectivity index (χ1v) is 7.38. The van der Waals surface area contributed by atoms with Crippen molar-refractivity contribution in [2.75, 3.05) is 5.32 Å². The van der Waals surface area contributed by atoms with Gasteiger partial charge in [-0.25, -0.2) is 4.79 Å². The van der Waals surface area contributed by atoms with Crippen molar-refractivity contribution in [1.29, 1.82) is 0 Å². The standard InChI is InChI=1S/C17H26N2O2/c1-10-7-8-11(13-14(18)17(13,5)6)9-12(10)19-15(20)21-16(2,3)4/h7-9,13-14H,18H2,1-6H3,(H,19,20)/t13-,14-/m1/s1. The number of nitrogens with one attached hydrogen (secondary N) is 1. The first-order chi connectivity index (χ1) is 9.52. The van der Waals surface area contributed by atoms with Crippen LogP contribution in [0, 0.1) is 12.3 Å². The minimum atomic E-state index is -0.504. The van der Waals surface area contributed by atoms with Crippen molar-refractivity contribution in [2.45, 2.75) is 59.1 Å². The van der Waals surface area contributed by atoms with Gasteiger partial charge in [-0.1, -0.05) is 26.0 Å². The molecule has 0 spiro atoms. The van der Waals surface area contributed by atoms with Crippen molar-refractivity contribution >= 4 is 11.8 Å². The van der Waals surface area contributed by atoms with Crippen molar-refractivity contribution in [3.63, 3.8) is 0 Å². The van der Waals surface area contributed by atoms with Crippen LogP contribution in [0.5, 0.6) is 0 Å². The van der Waals surface area contributed by atoms with Gasteiger partial charge in [0.25, 0.3) is 0 Å². The average molecular weight is 290 g/mol. The summed E-state index contributed by atoms with van der Waals surface area (Å²) in [6, 6.07) is 6.30. The molecule has 0 unspecified atom stereocenters. The average Bonchev–Trinajstić information content (AvgIpc) is 2.79. The van der Waals surface area contributed by atoms with Gasteiger partial charge in [-0.3, -0.25) is 5.32 Å². The Morgan fingerprint density at radius 1 is 1.33 bits per heavy atom. The number of amides is 1. The Bertz CT molecular complexity index is 558. The fourth-order valence-corrected chi connectivity index (χ4v) is 2.70. The number of nitrogens with two attached hydrogens (primary N) is 1. The van der Waals surface area contributed by atoms with Crippen molar-refractivity contribution in [3.8, 4) is 0 Å². The quantitative estimate of drug-likeness (QED) is 0.871. The zero-order chi connectivity index (χ0) is 16.0. The van der Waals surface area contributed by atoms with E-state index in [-0.39, 0.29) is 11.5 Å². The maximum atomic E-state index is 11.9. The molecule has 2 atom stereocenters. The number of ether oxygens (including phenoxy) is 1. The molecule has 1 amide bonds. The van der Waals surface area contributed by atoms with Crippen LogP contribution < -0.4 is 11.1 Å². The second-order valence-corrected chi connectivity index (χ2v) is 7.53. The van der Waals surface area contributed by atoms with E-state index in [2.05, 4.69) is 25.2 Å². The third-order valence-corrected chi connectivity index (χ3v) is 4.17. The molecule has 1 fully saturated rings. The van der Waals surface area contributed by atoms with Crippen LogP contribution in [0.25, 0.3) is 0 Å². The van der Waals surface area contributed by atoms with E-state index in [1.54, 1.807) is 0 Å². The van der Waals surface area contributed by atoms with E-state index in [1.165, 1.54) is 5.56 Å². The van der Waals surface area contributed by atoms with Gasteiger partial charge in [-0.15, -0.1) is 0 Å². The Kier molecular flexibility index (Phi) is 3.79. The summed E-state index contributed by atoms with van der Waals surface area (Å²) in [4.78, 5) is 11.9. The number of hydrogen-bond donors (Lipinski definition) is 2. The van der Waals surface area contributed by atoms with E-state index in [4.69, 9.17) is 10.5 Å². The largest absolute Gasteiger partial charge is 0.444 e. The molecule has 0 radical (unpaired) electrons. The Morgan fingerprint density at radius 2 is 1.90 bits per heavy atom. The molecule has 4 heteroatoms. The molecule has 0 aromatic heterocycles. The third kappa shape index (κ3) is 3.38. The second kappa shape index (κ2) is 5.02. The lowest BCUT2D eigenvalue weighted by Gasteiger charge is -2.20. The molecule has 1 aliphatic carbocycles. The van der Waals surface area contributed by atoms with Crippen molar-refractivity contribution in [3.05, 3.63) is 29.3 Å². The van der Waals surface area contributed by atoms with Crippen LogP contribution in [0.1, 0.15) is 51.7 Å². The summed E-state index contributed by atoms with van der Waals surface area (Å²) in [6.45, 7) is 11.9. The van der Waals surface area contributed by atoms with Crippen molar-refractivity contribution < 1.29 is 9.53 Å². The topological polar surface area (TPSA) is 64.3 Å². The Hall–Kier alpha value is -1.55. The van der Waals surface area contributed by atoms with Crippen molar-refractivity contribution in [2.24, 2.45) is 11.1 Å². The maximum Gasteiger partial charge on any atom is 0.412 e. The van der Waals surface area contributed by atoms with Crippen LogP contribution in [-0.2, 0) is 4.74 Å². The molecule has 1 aromatic rings. The molecule has 21 heavy (non-hydrogen) atoms. The van der Waals surface area contributed by atoms with E-state index in [0.29, 0.717) is 5.92 Å². The Labute approximate surface area is 127 Å². The molecule has 0 heterocycles. The summed E-state index contributed by atoms with van der Waals surface area (Å²) < 4.78 is 5.30. The number of hydrogen-bond acceptors (Lipinski definition) is 3. The fourth-order valence-electron chi connectivity index (χ4n) is 2.70. The summed E-state index contributed by atoms with van der Waals surface area (Å²) in [6.07, 6.45) is -0.429. The number of carbonyl (C=O) groups excluding carboxylic acids is 1. The molecule has 0 saturated heterocycles. The molecule has 0 aliphatic heterocycles. The van der Waals surface area contributed by atoms with Crippen LogP contribution in [0.3, 0.4) is 0 Å². The number of benzene rings is 1. The zero-order valence-electron chi connectivity index (χ0n) is 13.8. The van der Waals surface area contributed by atoms with Crippen LogP contribution >= 0.6 is 0 Å². The molecule has 2 rings (SSSR count). The van der Waals surface area contributed by atoms with E-state index in [9.17, 15) is 4.79 Å². The maximum absolute atomic E-state index is 11.9. The van der Waals surface area contributed by atoms with E-state index in [0.717, 1.165) is 11.3 Å². The zero-order valence-corrected chi connectivity index (χ0v) is 13.8. The van der Waals surface area contributed by atoms with E-state index < -0.39 is 11.7 Å². The van der Waals surface area contributed by atoms with Gasteiger partial charge < -0.3 is 10.5 Å². The summed E-state index contributed by atoms with van der Waals surface area (Å²) in [5.41, 5.74) is 8.73. The fraction of sp³-hybridized carbons (Fsp3) is 0.588. The monoisotopic (exact) mass is 290 g/mol. The normalized spacial score (nSPS) is 23.6. The summed E-state index contributed by atoms with van der Waals surface area (Å²) >= 11 is 0. The van der Waals surface area contributed by atoms with Crippen molar-refractivity contribution in [1.82, 2.24) is 0 Å². The lowest BCUT2D eigenvalue weighted by atomic mass is 10.0. The highest BCUT2D eigenvalue weighted by atomic mass is 16.6. The van der Waals surface area contributed by atoms with E-state index >= 15 is 0 Å². The van der Waals surface area contributed by atoms with Gasteiger partial charge in [0.2, 0.25) is 0 Å². The lowest BCUT2D eigenvalue weighted by Crippen LogP contribution is -2.27. The highest BCUT2D eigenvalue weighted by Crippen LogP contribution is 2.57. The van der Waals surface area contributed by atoms with Crippen LogP contribution in [-0.4, -0.2) is 17.7 Å². The molecule has 1 aromatic carbocycles. The predicted octanol–water partition coefficient (Wildman–Crippen LogP) is 3.79. The number of aryl methyl sites for hydroxylation is 1. The number of rotatable bonds is 2. The van der Waals surface area contributed by atoms with Gasteiger partial charge >= 0.3 is 6.09 Å².